The average molecular weight is 559 g/mol. The Labute approximate surface area is 203 Å². The number of rotatable bonds is 14. The van der Waals surface area contributed by atoms with Crippen molar-refractivity contribution >= 4 is 49.5 Å². The van der Waals surface area contributed by atoms with E-state index in [4.69, 9.17) is 9.11 Å². The zero-order valence-electron chi connectivity index (χ0n) is 17.3. The van der Waals surface area contributed by atoms with Crippen LogP contribution in [-0.4, -0.2) is 74.7 Å². The number of nitrogens with zero attached hydrogens (tertiary/aromatic N) is 4. The van der Waals surface area contributed by atoms with Crippen LogP contribution in [0.4, 0.5) is 8.78 Å². The van der Waals surface area contributed by atoms with Gasteiger partial charge in [0.2, 0.25) is 11.9 Å². The van der Waals surface area contributed by atoms with Crippen LogP contribution in [0, 0.1) is 11.9 Å². The molecule has 2 atom stereocenters. The van der Waals surface area contributed by atoms with E-state index in [1.807, 2.05) is 0 Å². The number of hydrogen-bond acceptors (Lipinski definition) is 11. The van der Waals surface area contributed by atoms with Crippen molar-refractivity contribution in [1.29, 1.82) is 0 Å². The molecule has 2 heterocycles. The van der Waals surface area contributed by atoms with Gasteiger partial charge in [-0.1, -0.05) is 0 Å². The van der Waals surface area contributed by atoms with Crippen molar-refractivity contribution in [3.8, 4) is 0 Å². The van der Waals surface area contributed by atoms with E-state index in [1.165, 1.54) is 0 Å². The molecule has 0 aliphatic carbocycles. The van der Waals surface area contributed by atoms with Crippen molar-refractivity contribution in [1.82, 2.24) is 19.9 Å². The third-order valence-corrected chi connectivity index (χ3v) is 8.54. The number of thioether (sulfide) groups is 2. The Kier molecular flexibility index (Phi) is 10.7. The smallest absolute Gasteiger partial charge is 0.265 e. The Bertz CT molecular complexity index is 1080. The van der Waals surface area contributed by atoms with Crippen molar-refractivity contribution in [2.75, 3.05) is 23.0 Å². The molecule has 17 heteroatoms. The molecule has 0 aromatic carbocycles. The molecule has 188 valence electrons. The molecule has 2 unspecified atom stereocenters. The largest absolute Gasteiger partial charge is 0.300 e. The van der Waals surface area contributed by atoms with Gasteiger partial charge in [0.15, 0.2) is 0 Å². The zero-order valence-corrected chi connectivity index (χ0v) is 20.6. The minimum atomic E-state index is -4.24. The minimum Gasteiger partial charge on any atom is -0.300 e. The monoisotopic (exact) mass is 558 g/mol. The fourth-order valence-corrected chi connectivity index (χ4v) is 6.78. The van der Waals surface area contributed by atoms with Crippen LogP contribution in [0.15, 0.2) is 24.8 Å². The molecule has 2 aromatic heterocycles. The first kappa shape index (κ1) is 28.4. The lowest BCUT2D eigenvalue weighted by Crippen LogP contribution is -2.14. The van der Waals surface area contributed by atoms with Gasteiger partial charge in [0.1, 0.15) is 5.78 Å². The predicted octanol–water partition coefficient (Wildman–Crippen LogP) is 1.92. The van der Waals surface area contributed by atoms with Gasteiger partial charge in [0.05, 0.1) is 58.2 Å². The van der Waals surface area contributed by atoms with E-state index in [0.29, 0.717) is 0 Å². The van der Waals surface area contributed by atoms with Gasteiger partial charge in [-0.2, -0.15) is 49.1 Å². The fourth-order valence-electron chi connectivity index (χ4n) is 2.56. The van der Waals surface area contributed by atoms with Crippen LogP contribution in [0.1, 0.15) is 34.7 Å². The topological polar surface area (TPSA) is 177 Å². The van der Waals surface area contributed by atoms with Crippen LogP contribution >= 0.6 is 23.5 Å². The zero-order chi connectivity index (χ0) is 25.4. The Morgan fingerprint density at radius 3 is 1.44 bits per heavy atom. The molecule has 2 N–H and O–H groups in total. The second-order valence-corrected chi connectivity index (χ2v) is 12.5. The summed E-state index contributed by atoms with van der Waals surface area (Å²) in [7, 11) is -8.48. The summed E-state index contributed by atoms with van der Waals surface area (Å²) in [6, 6.07) is 0. The first-order valence-electron chi connectivity index (χ1n) is 9.42. The summed E-state index contributed by atoms with van der Waals surface area (Å²) in [6.45, 7) is 0. The highest BCUT2D eigenvalue weighted by atomic mass is 32.2. The maximum absolute atomic E-state index is 13.1. The summed E-state index contributed by atoms with van der Waals surface area (Å²) in [5, 5.41) is -1.43. The van der Waals surface area contributed by atoms with Gasteiger partial charge in [0.25, 0.3) is 20.2 Å². The van der Waals surface area contributed by atoms with Crippen molar-refractivity contribution in [2.45, 2.75) is 23.3 Å². The van der Waals surface area contributed by atoms with Crippen LogP contribution in [0.2, 0.25) is 0 Å². The molecule has 0 fully saturated rings. The van der Waals surface area contributed by atoms with Crippen LogP contribution in [-0.2, 0) is 25.0 Å². The van der Waals surface area contributed by atoms with E-state index in [0.717, 1.165) is 48.3 Å². The number of halogens is 2. The number of carbonyl (C=O) groups is 1. The summed E-state index contributed by atoms with van der Waals surface area (Å²) in [6.07, 6.45) is 3.55. The van der Waals surface area contributed by atoms with Crippen LogP contribution in [0.5, 0.6) is 0 Å². The lowest BCUT2D eigenvalue weighted by Gasteiger charge is -2.18. The van der Waals surface area contributed by atoms with E-state index >= 15 is 0 Å². The molecule has 0 aliphatic rings. The summed E-state index contributed by atoms with van der Waals surface area (Å²) < 4.78 is 88.2. The summed E-state index contributed by atoms with van der Waals surface area (Å²) in [4.78, 5) is 27.6. The third kappa shape index (κ3) is 11.1. The van der Waals surface area contributed by atoms with Crippen LogP contribution in [0.3, 0.4) is 0 Å². The van der Waals surface area contributed by atoms with Gasteiger partial charge in [-0.3, -0.25) is 23.9 Å². The molecule has 0 aliphatic heterocycles. The quantitative estimate of drug-likeness (QED) is 0.322. The molecule has 0 amide bonds. The Morgan fingerprint density at radius 2 is 1.15 bits per heavy atom. The summed E-state index contributed by atoms with van der Waals surface area (Å²) in [5.74, 6) is -3.36. The maximum Gasteiger partial charge on any atom is 0.265 e. The van der Waals surface area contributed by atoms with Gasteiger partial charge in [-0.05, 0) is 0 Å². The van der Waals surface area contributed by atoms with E-state index in [1.54, 1.807) is 0 Å². The van der Waals surface area contributed by atoms with Crippen LogP contribution in [0.25, 0.3) is 0 Å². The molecule has 0 radical (unpaired) electrons. The highest BCUT2D eigenvalue weighted by Gasteiger charge is 2.24. The summed E-state index contributed by atoms with van der Waals surface area (Å²) in [5.41, 5.74) is 0.430. The number of Topliss-reactive ketones (excluding diaryl/α,β-unsaturated/α-hetero) is 1. The molecule has 0 spiro atoms. The average Bonchev–Trinajstić information content (AvgIpc) is 2.72. The molecule has 0 saturated carbocycles. The minimum absolute atomic E-state index is 0.0776. The fraction of sp³-hybridized carbons (Fsp3) is 0.471. The van der Waals surface area contributed by atoms with Crippen molar-refractivity contribution in [3.05, 3.63) is 48.1 Å². The van der Waals surface area contributed by atoms with E-state index < -0.39 is 54.1 Å². The van der Waals surface area contributed by atoms with E-state index in [2.05, 4.69) is 19.9 Å². The van der Waals surface area contributed by atoms with Crippen molar-refractivity contribution in [3.63, 3.8) is 0 Å². The van der Waals surface area contributed by atoms with Gasteiger partial charge in [-0.15, -0.1) is 0 Å². The molecular formula is C17H20F2N4O7S4. The lowest BCUT2D eigenvalue weighted by atomic mass is 10.1. The Morgan fingerprint density at radius 1 is 0.765 bits per heavy atom. The molecule has 0 bridgehead atoms. The second kappa shape index (κ2) is 12.8. The standard InChI is InChI=1S/C17H20F2N4O7S4/c18-16-9-20-12(7-22-16)14(31-1-3-33(25,26)27)5-11(24)6-15(32-2-4-34(28,29)30)13-8-23-17(19)10-21-13/h7-10,14-15H,1-6H2,(H,25,26,27)(H,28,29,30). The van der Waals surface area contributed by atoms with Gasteiger partial charge >= 0.3 is 0 Å². The van der Waals surface area contributed by atoms with Crippen LogP contribution < -0.4 is 0 Å². The number of aromatic nitrogens is 4. The van der Waals surface area contributed by atoms with Gasteiger partial charge < -0.3 is 0 Å². The lowest BCUT2D eigenvalue weighted by molar-refractivity contribution is -0.119. The van der Waals surface area contributed by atoms with E-state index in [-0.39, 0.29) is 41.5 Å². The first-order chi connectivity index (χ1) is 15.8. The molecule has 2 aromatic rings. The maximum atomic E-state index is 13.1. The molecule has 0 saturated heterocycles. The van der Waals surface area contributed by atoms with Crippen molar-refractivity contribution in [2.24, 2.45) is 0 Å². The molecule has 2 rings (SSSR count). The molecule has 34 heavy (non-hydrogen) atoms. The second-order valence-electron chi connectivity index (χ2n) is 6.77. The number of ketones is 1. The highest BCUT2D eigenvalue weighted by Crippen LogP contribution is 2.35. The first-order valence-corrected chi connectivity index (χ1v) is 14.7. The number of hydrogen-bond donors (Lipinski definition) is 2. The number of carbonyl (C=O) groups excluding carboxylic acids is 1. The van der Waals surface area contributed by atoms with Gasteiger partial charge in [-0.25, -0.2) is 9.97 Å². The van der Waals surface area contributed by atoms with Crippen molar-refractivity contribution < 1.29 is 39.5 Å². The van der Waals surface area contributed by atoms with Gasteiger partial charge in [0, 0.05) is 24.3 Å². The highest BCUT2D eigenvalue weighted by molar-refractivity contribution is 8.00. The Balaban J connectivity index is 2.15. The Hall–Kier alpha value is -1.79. The third-order valence-electron chi connectivity index (χ3n) is 4.09. The summed E-state index contributed by atoms with van der Waals surface area (Å²) >= 11 is 2.00. The SMILES string of the molecule is O=C(CC(SCCS(=O)(=O)O)c1cnc(F)cn1)CC(SCCS(=O)(=O)O)c1cnc(F)cn1. The molecular weight excluding hydrogens is 538 g/mol. The van der Waals surface area contributed by atoms with E-state index in [9.17, 15) is 30.4 Å². The molecule has 11 nitrogen and oxygen atoms in total. The normalized spacial score (nSPS) is 14.0. The predicted molar refractivity (Wildman–Crippen MR) is 121 cm³/mol.